The predicted octanol–water partition coefficient (Wildman–Crippen LogP) is 3.76. The fraction of sp³-hybridized carbons (Fsp3) is 0.692. The molecular formula is C13H23NO. The molecular weight excluding hydrogens is 186 g/mol. The number of furan rings is 1. The summed E-state index contributed by atoms with van der Waals surface area (Å²) in [6.45, 7) is 7.75. The summed E-state index contributed by atoms with van der Waals surface area (Å²) in [6, 6.07) is 4.43. The standard InChI is InChI=1S/C13H23NO/c1-4-9-14-13(11(5-2)6-3)12-8-7-10-15-12/h7-8,10-11,13-14H,4-6,9H2,1-3H3. The summed E-state index contributed by atoms with van der Waals surface area (Å²) < 4.78 is 5.51. The van der Waals surface area contributed by atoms with Crippen molar-refractivity contribution < 1.29 is 4.42 Å². The number of hydrogen-bond donors (Lipinski definition) is 1. The number of nitrogens with one attached hydrogen (secondary N) is 1. The molecule has 1 rings (SSSR count). The lowest BCUT2D eigenvalue weighted by Gasteiger charge is -2.24. The van der Waals surface area contributed by atoms with Crippen LogP contribution in [0.2, 0.25) is 0 Å². The molecule has 2 nitrogen and oxygen atoms in total. The fourth-order valence-electron chi connectivity index (χ4n) is 2.03. The Labute approximate surface area is 93.1 Å². The second-order valence-corrected chi connectivity index (χ2v) is 4.02. The van der Waals surface area contributed by atoms with Crippen LogP contribution in [0.4, 0.5) is 0 Å². The molecule has 0 bridgehead atoms. The smallest absolute Gasteiger partial charge is 0.120 e. The second kappa shape index (κ2) is 6.67. The molecule has 15 heavy (non-hydrogen) atoms. The van der Waals surface area contributed by atoms with Gasteiger partial charge < -0.3 is 9.73 Å². The third kappa shape index (κ3) is 3.38. The lowest BCUT2D eigenvalue weighted by atomic mass is 9.92. The van der Waals surface area contributed by atoms with Gasteiger partial charge in [-0.25, -0.2) is 0 Å². The molecule has 1 N–H and O–H groups in total. The van der Waals surface area contributed by atoms with Crippen LogP contribution in [0.25, 0.3) is 0 Å². The minimum Gasteiger partial charge on any atom is -0.468 e. The molecule has 0 spiro atoms. The molecule has 0 aliphatic carbocycles. The maximum Gasteiger partial charge on any atom is 0.120 e. The van der Waals surface area contributed by atoms with Crippen LogP contribution in [0.1, 0.15) is 51.8 Å². The van der Waals surface area contributed by atoms with Crippen molar-refractivity contribution in [2.45, 2.75) is 46.1 Å². The molecule has 1 aromatic heterocycles. The van der Waals surface area contributed by atoms with Gasteiger partial charge in [0.1, 0.15) is 5.76 Å². The lowest BCUT2D eigenvalue weighted by Crippen LogP contribution is -2.28. The van der Waals surface area contributed by atoms with Crippen molar-refractivity contribution in [3.63, 3.8) is 0 Å². The zero-order valence-electron chi connectivity index (χ0n) is 10.1. The van der Waals surface area contributed by atoms with E-state index in [4.69, 9.17) is 4.42 Å². The van der Waals surface area contributed by atoms with Crippen molar-refractivity contribution in [2.75, 3.05) is 6.54 Å². The van der Waals surface area contributed by atoms with E-state index in [2.05, 4.69) is 32.2 Å². The minimum absolute atomic E-state index is 0.384. The highest BCUT2D eigenvalue weighted by Gasteiger charge is 2.21. The van der Waals surface area contributed by atoms with Gasteiger partial charge in [0.15, 0.2) is 0 Å². The van der Waals surface area contributed by atoms with Crippen LogP contribution in [0.15, 0.2) is 22.8 Å². The predicted molar refractivity (Wildman–Crippen MR) is 63.8 cm³/mol. The summed E-state index contributed by atoms with van der Waals surface area (Å²) in [5, 5.41) is 3.58. The number of rotatable bonds is 7. The minimum atomic E-state index is 0.384. The Balaban J connectivity index is 2.68. The Morgan fingerprint density at radius 3 is 2.47 bits per heavy atom. The molecule has 1 unspecified atom stereocenters. The molecule has 2 heteroatoms. The van der Waals surface area contributed by atoms with Crippen molar-refractivity contribution in [2.24, 2.45) is 5.92 Å². The first-order chi connectivity index (χ1) is 7.33. The summed E-state index contributed by atoms with van der Waals surface area (Å²) in [5.41, 5.74) is 0. The summed E-state index contributed by atoms with van der Waals surface area (Å²) in [7, 11) is 0. The molecule has 1 heterocycles. The van der Waals surface area contributed by atoms with Crippen molar-refractivity contribution in [3.8, 4) is 0 Å². The van der Waals surface area contributed by atoms with E-state index in [-0.39, 0.29) is 0 Å². The third-order valence-electron chi connectivity index (χ3n) is 2.98. The van der Waals surface area contributed by atoms with Crippen LogP contribution in [-0.4, -0.2) is 6.54 Å². The largest absolute Gasteiger partial charge is 0.468 e. The molecule has 0 saturated heterocycles. The molecule has 0 aliphatic rings. The molecule has 0 fully saturated rings. The normalized spacial score (nSPS) is 13.3. The van der Waals surface area contributed by atoms with Crippen LogP contribution in [-0.2, 0) is 0 Å². The first-order valence-corrected chi connectivity index (χ1v) is 6.10. The van der Waals surface area contributed by atoms with E-state index >= 15 is 0 Å². The Morgan fingerprint density at radius 2 is 2.00 bits per heavy atom. The highest BCUT2D eigenvalue weighted by molar-refractivity contribution is 5.05. The Hall–Kier alpha value is -0.760. The maximum atomic E-state index is 5.51. The van der Waals surface area contributed by atoms with E-state index < -0.39 is 0 Å². The van der Waals surface area contributed by atoms with Crippen molar-refractivity contribution >= 4 is 0 Å². The van der Waals surface area contributed by atoms with Gasteiger partial charge in [0.05, 0.1) is 12.3 Å². The van der Waals surface area contributed by atoms with Crippen molar-refractivity contribution in [3.05, 3.63) is 24.2 Å². The van der Waals surface area contributed by atoms with Gasteiger partial charge in [-0.15, -0.1) is 0 Å². The summed E-state index contributed by atoms with van der Waals surface area (Å²) in [6.07, 6.45) is 5.31. The van der Waals surface area contributed by atoms with E-state index in [1.54, 1.807) is 6.26 Å². The van der Waals surface area contributed by atoms with E-state index in [1.165, 1.54) is 12.8 Å². The molecule has 0 aliphatic heterocycles. The second-order valence-electron chi connectivity index (χ2n) is 4.02. The van der Waals surface area contributed by atoms with E-state index in [1.807, 2.05) is 6.07 Å². The highest BCUT2D eigenvalue weighted by Crippen LogP contribution is 2.27. The SMILES string of the molecule is CCCNC(c1ccco1)C(CC)CC. The Morgan fingerprint density at radius 1 is 1.27 bits per heavy atom. The van der Waals surface area contributed by atoms with Gasteiger partial charge in [-0.05, 0) is 31.0 Å². The quantitative estimate of drug-likeness (QED) is 0.739. The van der Waals surface area contributed by atoms with Gasteiger partial charge in [-0.2, -0.15) is 0 Å². The van der Waals surface area contributed by atoms with Crippen molar-refractivity contribution in [1.82, 2.24) is 5.32 Å². The number of hydrogen-bond acceptors (Lipinski definition) is 2. The topological polar surface area (TPSA) is 25.2 Å². The first-order valence-electron chi connectivity index (χ1n) is 6.10. The molecule has 0 saturated carbocycles. The molecule has 0 radical (unpaired) electrons. The van der Waals surface area contributed by atoms with Crippen LogP contribution >= 0.6 is 0 Å². The maximum absolute atomic E-state index is 5.51. The molecule has 86 valence electrons. The molecule has 1 aromatic rings. The van der Waals surface area contributed by atoms with Crippen LogP contribution in [0.3, 0.4) is 0 Å². The lowest BCUT2D eigenvalue weighted by molar-refractivity contribution is 0.295. The fourth-order valence-corrected chi connectivity index (χ4v) is 2.03. The summed E-state index contributed by atoms with van der Waals surface area (Å²) in [5.74, 6) is 1.75. The van der Waals surface area contributed by atoms with Gasteiger partial charge >= 0.3 is 0 Å². The van der Waals surface area contributed by atoms with Gasteiger partial charge in [0.2, 0.25) is 0 Å². The van der Waals surface area contributed by atoms with Gasteiger partial charge in [0.25, 0.3) is 0 Å². The zero-order valence-corrected chi connectivity index (χ0v) is 10.1. The average molecular weight is 209 g/mol. The van der Waals surface area contributed by atoms with Crippen molar-refractivity contribution in [1.29, 1.82) is 0 Å². The Kier molecular flexibility index (Phi) is 5.48. The monoisotopic (exact) mass is 209 g/mol. The van der Waals surface area contributed by atoms with Crippen LogP contribution in [0, 0.1) is 5.92 Å². The van der Waals surface area contributed by atoms with Gasteiger partial charge in [-0.3, -0.25) is 0 Å². The highest BCUT2D eigenvalue weighted by atomic mass is 16.3. The van der Waals surface area contributed by atoms with E-state index in [9.17, 15) is 0 Å². The van der Waals surface area contributed by atoms with Gasteiger partial charge in [-0.1, -0.05) is 33.6 Å². The molecule has 0 aromatic carbocycles. The van der Waals surface area contributed by atoms with Crippen LogP contribution < -0.4 is 5.32 Å². The Bertz CT molecular complexity index is 239. The zero-order chi connectivity index (χ0) is 11.1. The summed E-state index contributed by atoms with van der Waals surface area (Å²) in [4.78, 5) is 0. The first kappa shape index (κ1) is 12.3. The van der Waals surface area contributed by atoms with E-state index in [0.717, 1.165) is 18.7 Å². The average Bonchev–Trinajstić information content (AvgIpc) is 2.77. The third-order valence-corrected chi connectivity index (χ3v) is 2.98. The molecule has 0 amide bonds. The summed E-state index contributed by atoms with van der Waals surface area (Å²) >= 11 is 0. The van der Waals surface area contributed by atoms with Gasteiger partial charge in [0, 0.05) is 0 Å². The van der Waals surface area contributed by atoms with E-state index in [0.29, 0.717) is 12.0 Å². The molecule has 1 atom stereocenters. The van der Waals surface area contributed by atoms with Crippen LogP contribution in [0.5, 0.6) is 0 Å².